The van der Waals surface area contributed by atoms with Gasteiger partial charge in [0.2, 0.25) is 0 Å². The highest BCUT2D eigenvalue weighted by molar-refractivity contribution is 7.13. The molecule has 3 aromatic rings. The molecule has 0 spiro atoms. The van der Waals surface area contributed by atoms with Gasteiger partial charge in [0.1, 0.15) is 10.8 Å². The van der Waals surface area contributed by atoms with Gasteiger partial charge in [0.05, 0.1) is 11.3 Å². The Labute approximate surface area is 125 Å². The number of hydrogen-bond acceptors (Lipinski definition) is 4. The highest BCUT2D eigenvalue weighted by Crippen LogP contribution is 2.29. The number of aromatic hydroxyl groups is 1. The van der Waals surface area contributed by atoms with Crippen LogP contribution in [0.4, 0.5) is 0 Å². The van der Waals surface area contributed by atoms with E-state index in [1.807, 2.05) is 17.5 Å². The Morgan fingerprint density at radius 2 is 1.57 bits per heavy atom. The summed E-state index contributed by atoms with van der Waals surface area (Å²) >= 11 is 1.49. The average Bonchev–Trinajstić information content (AvgIpc) is 2.98. The Bertz CT molecular complexity index is 776. The average molecular weight is 297 g/mol. The van der Waals surface area contributed by atoms with E-state index in [9.17, 15) is 9.90 Å². The second-order valence-electron chi connectivity index (χ2n) is 4.47. The molecule has 5 heteroatoms. The highest BCUT2D eigenvalue weighted by atomic mass is 32.1. The lowest BCUT2D eigenvalue weighted by atomic mass is 10.1. The number of aromatic carboxylic acids is 1. The largest absolute Gasteiger partial charge is 0.508 e. The van der Waals surface area contributed by atoms with Crippen LogP contribution in [0.3, 0.4) is 0 Å². The molecule has 21 heavy (non-hydrogen) atoms. The molecular weight excluding hydrogens is 286 g/mol. The molecule has 0 aliphatic heterocycles. The van der Waals surface area contributed by atoms with Crippen LogP contribution in [-0.2, 0) is 0 Å². The van der Waals surface area contributed by atoms with Gasteiger partial charge in [-0.1, -0.05) is 12.1 Å². The summed E-state index contributed by atoms with van der Waals surface area (Å²) in [4.78, 5) is 15.4. The molecule has 0 saturated heterocycles. The summed E-state index contributed by atoms with van der Waals surface area (Å²) in [6.45, 7) is 0. The Hall–Kier alpha value is -2.66. The van der Waals surface area contributed by atoms with Gasteiger partial charge < -0.3 is 10.2 Å². The van der Waals surface area contributed by atoms with Gasteiger partial charge in [-0.15, -0.1) is 11.3 Å². The number of aromatic nitrogens is 1. The first kappa shape index (κ1) is 13.3. The lowest BCUT2D eigenvalue weighted by Crippen LogP contribution is -1.94. The first-order valence-electron chi connectivity index (χ1n) is 6.22. The maximum atomic E-state index is 10.8. The zero-order valence-corrected chi connectivity index (χ0v) is 11.7. The van der Waals surface area contributed by atoms with Crippen molar-refractivity contribution in [1.29, 1.82) is 0 Å². The minimum Gasteiger partial charge on any atom is -0.508 e. The van der Waals surface area contributed by atoms with Crippen molar-refractivity contribution in [2.24, 2.45) is 0 Å². The van der Waals surface area contributed by atoms with Crippen LogP contribution >= 0.6 is 11.3 Å². The molecule has 0 bridgehead atoms. The molecule has 0 unspecified atom stereocenters. The van der Waals surface area contributed by atoms with Gasteiger partial charge in [-0.2, -0.15) is 0 Å². The lowest BCUT2D eigenvalue weighted by molar-refractivity contribution is 0.0697. The quantitative estimate of drug-likeness (QED) is 0.769. The van der Waals surface area contributed by atoms with Gasteiger partial charge in [0, 0.05) is 16.5 Å². The van der Waals surface area contributed by atoms with Crippen molar-refractivity contribution < 1.29 is 15.0 Å². The molecule has 2 N–H and O–H groups in total. The van der Waals surface area contributed by atoms with Crippen LogP contribution in [0.5, 0.6) is 5.75 Å². The normalized spacial score (nSPS) is 10.5. The summed E-state index contributed by atoms with van der Waals surface area (Å²) in [6.07, 6.45) is 0. The Morgan fingerprint density at radius 3 is 2.19 bits per heavy atom. The number of nitrogens with zero attached hydrogens (tertiary/aromatic N) is 1. The highest BCUT2D eigenvalue weighted by Gasteiger charge is 2.08. The number of carboxylic acids is 1. The summed E-state index contributed by atoms with van der Waals surface area (Å²) < 4.78 is 0. The van der Waals surface area contributed by atoms with Crippen LogP contribution < -0.4 is 0 Å². The van der Waals surface area contributed by atoms with E-state index in [0.29, 0.717) is 0 Å². The third-order valence-electron chi connectivity index (χ3n) is 3.05. The number of hydrogen-bond donors (Lipinski definition) is 2. The fraction of sp³-hybridized carbons (Fsp3) is 0. The van der Waals surface area contributed by atoms with Gasteiger partial charge in [-0.05, 0) is 36.4 Å². The Kier molecular flexibility index (Phi) is 3.41. The Balaban J connectivity index is 1.90. The first-order valence-corrected chi connectivity index (χ1v) is 7.10. The maximum Gasteiger partial charge on any atom is 0.335 e. The number of benzene rings is 2. The molecule has 104 valence electrons. The minimum atomic E-state index is -0.939. The fourth-order valence-electron chi connectivity index (χ4n) is 1.93. The van der Waals surface area contributed by atoms with Gasteiger partial charge in [0.25, 0.3) is 0 Å². The topological polar surface area (TPSA) is 70.4 Å². The number of carbonyl (C=O) groups is 1. The van der Waals surface area contributed by atoms with Crippen molar-refractivity contribution in [3.05, 3.63) is 59.5 Å². The number of phenolic OH excluding ortho intramolecular Hbond substituents is 1. The van der Waals surface area contributed by atoms with Crippen LogP contribution in [-0.4, -0.2) is 21.2 Å². The van der Waals surface area contributed by atoms with Crippen molar-refractivity contribution in [2.45, 2.75) is 0 Å². The van der Waals surface area contributed by atoms with Crippen molar-refractivity contribution >= 4 is 17.3 Å². The molecule has 0 atom stereocenters. The maximum absolute atomic E-state index is 10.8. The van der Waals surface area contributed by atoms with Crippen molar-refractivity contribution in [2.75, 3.05) is 0 Å². The third-order valence-corrected chi connectivity index (χ3v) is 3.94. The summed E-state index contributed by atoms with van der Waals surface area (Å²) in [6, 6.07) is 13.5. The molecule has 0 aliphatic carbocycles. The third kappa shape index (κ3) is 2.78. The van der Waals surface area contributed by atoms with E-state index < -0.39 is 5.97 Å². The second-order valence-corrected chi connectivity index (χ2v) is 5.33. The SMILES string of the molecule is O=C(O)c1ccc(-c2nc(-c3ccc(O)cc3)cs2)cc1. The molecule has 3 rings (SSSR count). The van der Waals surface area contributed by atoms with Crippen molar-refractivity contribution in [3.63, 3.8) is 0 Å². The van der Waals surface area contributed by atoms with E-state index in [1.165, 1.54) is 11.3 Å². The zero-order chi connectivity index (χ0) is 14.8. The molecule has 0 amide bonds. The van der Waals surface area contributed by atoms with E-state index in [1.54, 1.807) is 36.4 Å². The number of phenols is 1. The summed E-state index contributed by atoms with van der Waals surface area (Å²) in [5.74, 6) is -0.719. The van der Waals surface area contributed by atoms with E-state index in [2.05, 4.69) is 4.98 Å². The molecule has 1 heterocycles. The number of thiazole rings is 1. The van der Waals surface area contributed by atoms with Crippen LogP contribution in [0.15, 0.2) is 53.9 Å². The zero-order valence-electron chi connectivity index (χ0n) is 10.9. The van der Waals surface area contributed by atoms with Gasteiger partial charge >= 0.3 is 5.97 Å². The standard InChI is InChI=1S/C16H11NO3S/c18-13-7-5-10(6-8-13)14-9-21-15(17-14)11-1-3-12(4-2-11)16(19)20/h1-9,18H,(H,19,20). The van der Waals surface area contributed by atoms with Crippen LogP contribution in [0.2, 0.25) is 0 Å². The molecule has 0 fully saturated rings. The smallest absolute Gasteiger partial charge is 0.335 e. The van der Waals surface area contributed by atoms with Crippen molar-refractivity contribution in [1.82, 2.24) is 4.98 Å². The molecule has 1 aromatic heterocycles. The summed E-state index contributed by atoms with van der Waals surface area (Å²) in [5, 5.41) is 20.9. The second kappa shape index (κ2) is 5.38. The first-order chi connectivity index (χ1) is 10.1. The van der Waals surface area contributed by atoms with E-state index in [0.717, 1.165) is 21.8 Å². The van der Waals surface area contributed by atoms with E-state index in [-0.39, 0.29) is 11.3 Å². The van der Waals surface area contributed by atoms with Gasteiger partial charge in [-0.3, -0.25) is 0 Å². The molecule has 0 aliphatic rings. The van der Waals surface area contributed by atoms with Crippen LogP contribution in [0.1, 0.15) is 10.4 Å². The fourth-order valence-corrected chi connectivity index (χ4v) is 2.76. The molecule has 4 nitrogen and oxygen atoms in total. The summed E-state index contributed by atoms with van der Waals surface area (Å²) in [7, 11) is 0. The minimum absolute atomic E-state index is 0.221. The predicted octanol–water partition coefficient (Wildman–Crippen LogP) is 3.88. The lowest BCUT2D eigenvalue weighted by Gasteiger charge is -1.98. The Morgan fingerprint density at radius 1 is 0.952 bits per heavy atom. The van der Waals surface area contributed by atoms with Crippen LogP contribution in [0.25, 0.3) is 21.8 Å². The van der Waals surface area contributed by atoms with Gasteiger partial charge in [0.15, 0.2) is 0 Å². The summed E-state index contributed by atoms with van der Waals surface area (Å²) in [5.41, 5.74) is 2.90. The van der Waals surface area contributed by atoms with E-state index in [4.69, 9.17) is 5.11 Å². The number of rotatable bonds is 3. The molecule has 2 aromatic carbocycles. The van der Waals surface area contributed by atoms with Gasteiger partial charge in [-0.25, -0.2) is 9.78 Å². The van der Waals surface area contributed by atoms with Crippen molar-refractivity contribution in [3.8, 4) is 27.6 Å². The van der Waals surface area contributed by atoms with Crippen LogP contribution in [0, 0.1) is 0 Å². The molecule has 0 radical (unpaired) electrons. The van der Waals surface area contributed by atoms with E-state index >= 15 is 0 Å². The monoisotopic (exact) mass is 297 g/mol. The molecule has 0 saturated carbocycles. The molecular formula is C16H11NO3S. The predicted molar refractivity (Wildman–Crippen MR) is 81.6 cm³/mol. The number of carboxylic acid groups (broad SMARTS) is 1.